The molecule has 0 aliphatic rings. The Morgan fingerprint density at radius 3 is 2.29 bits per heavy atom. The molecule has 0 heterocycles. The molecular weight excluding hydrogens is 388 g/mol. The monoisotopic (exact) mass is 410 g/mol. The second-order valence-electron chi connectivity index (χ2n) is 6.46. The van der Waals surface area contributed by atoms with Gasteiger partial charge in [0.1, 0.15) is 0 Å². The highest BCUT2D eigenvalue weighted by Gasteiger charge is 2.22. The first kappa shape index (κ1) is 20.7. The highest BCUT2D eigenvalue weighted by atomic mass is 79.9. The third-order valence-corrected chi connectivity index (χ3v) is 4.20. The van der Waals surface area contributed by atoms with Crippen molar-refractivity contribution in [2.24, 2.45) is 5.73 Å². The van der Waals surface area contributed by atoms with Crippen LogP contribution in [-0.4, -0.2) is 11.4 Å². The molecule has 1 amide bonds. The van der Waals surface area contributed by atoms with Crippen molar-refractivity contribution in [2.75, 3.05) is 0 Å². The van der Waals surface area contributed by atoms with Gasteiger partial charge in [0.25, 0.3) is 0 Å². The number of nitrogens with two attached hydrogens (primary N) is 1. The number of nitrogens with one attached hydrogen (secondary N) is 1. The minimum absolute atomic E-state index is 0. The van der Waals surface area contributed by atoms with Crippen LogP contribution in [0.25, 0.3) is 0 Å². The summed E-state index contributed by atoms with van der Waals surface area (Å²) in [6.45, 7) is 4.06. The van der Waals surface area contributed by atoms with Gasteiger partial charge in [-0.15, -0.1) is 12.4 Å². The molecule has 0 spiro atoms. The Balaban J connectivity index is 0.00000288. The smallest absolute Gasteiger partial charge is 0.222 e. The molecule has 1 atom stereocenters. The summed E-state index contributed by atoms with van der Waals surface area (Å²) in [6, 6.07) is 17.6. The molecule has 2 aromatic carbocycles. The standard InChI is InChI=1S/C19H23BrN2O.ClH/c1-19(2,13-14-8-10-16(20)11-9-14)22-18(23)12-17(21)15-6-4-3-5-7-15;/h3-11,17H,12-13,21H2,1-2H3,(H,22,23);1H. The first-order valence-electron chi connectivity index (χ1n) is 7.72. The third-order valence-electron chi connectivity index (χ3n) is 3.67. The van der Waals surface area contributed by atoms with Crippen LogP contribution < -0.4 is 11.1 Å². The maximum atomic E-state index is 12.3. The number of amides is 1. The van der Waals surface area contributed by atoms with E-state index in [0.717, 1.165) is 16.5 Å². The van der Waals surface area contributed by atoms with Gasteiger partial charge in [0.2, 0.25) is 5.91 Å². The predicted octanol–water partition coefficient (Wildman–Crippen LogP) is 4.40. The molecule has 2 rings (SSSR count). The molecule has 0 aliphatic carbocycles. The first-order chi connectivity index (χ1) is 10.9. The van der Waals surface area contributed by atoms with Crippen LogP contribution >= 0.6 is 28.3 Å². The van der Waals surface area contributed by atoms with Gasteiger partial charge in [-0.05, 0) is 43.5 Å². The van der Waals surface area contributed by atoms with Crippen molar-refractivity contribution in [2.45, 2.75) is 38.3 Å². The van der Waals surface area contributed by atoms with Gasteiger partial charge in [-0.1, -0.05) is 58.4 Å². The fourth-order valence-electron chi connectivity index (χ4n) is 2.60. The minimum atomic E-state index is -0.318. The molecule has 3 nitrogen and oxygen atoms in total. The van der Waals surface area contributed by atoms with E-state index in [0.29, 0.717) is 0 Å². The van der Waals surface area contributed by atoms with Gasteiger partial charge in [0, 0.05) is 22.5 Å². The van der Waals surface area contributed by atoms with E-state index in [1.807, 2.05) is 56.3 Å². The van der Waals surface area contributed by atoms with Gasteiger partial charge in [-0.25, -0.2) is 0 Å². The van der Waals surface area contributed by atoms with Gasteiger partial charge in [0.05, 0.1) is 0 Å². The summed E-state index contributed by atoms with van der Waals surface area (Å²) in [5, 5.41) is 3.09. The maximum absolute atomic E-state index is 12.3. The van der Waals surface area contributed by atoms with Gasteiger partial charge in [-0.3, -0.25) is 4.79 Å². The zero-order valence-electron chi connectivity index (χ0n) is 14.0. The van der Waals surface area contributed by atoms with Gasteiger partial charge in [-0.2, -0.15) is 0 Å². The lowest BCUT2D eigenvalue weighted by atomic mass is 9.94. The second-order valence-corrected chi connectivity index (χ2v) is 7.37. The maximum Gasteiger partial charge on any atom is 0.222 e. The largest absolute Gasteiger partial charge is 0.351 e. The number of carbonyl (C=O) groups is 1. The van der Waals surface area contributed by atoms with Crippen LogP contribution in [0.15, 0.2) is 59.1 Å². The van der Waals surface area contributed by atoms with Crippen LogP contribution in [0.2, 0.25) is 0 Å². The fraction of sp³-hybridized carbons (Fsp3) is 0.316. The SMILES string of the molecule is CC(C)(Cc1ccc(Br)cc1)NC(=O)CC(N)c1ccccc1.Cl. The number of benzene rings is 2. The molecule has 0 aliphatic heterocycles. The van der Waals surface area contributed by atoms with E-state index >= 15 is 0 Å². The Labute approximate surface area is 158 Å². The topological polar surface area (TPSA) is 55.1 Å². The molecular formula is C19H24BrClN2O. The molecule has 0 fully saturated rings. The van der Waals surface area contributed by atoms with E-state index in [1.54, 1.807) is 0 Å². The number of rotatable bonds is 6. The van der Waals surface area contributed by atoms with Crippen molar-refractivity contribution in [3.63, 3.8) is 0 Å². The summed E-state index contributed by atoms with van der Waals surface area (Å²) < 4.78 is 1.05. The summed E-state index contributed by atoms with van der Waals surface area (Å²) in [5.74, 6) is -0.0246. The van der Waals surface area contributed by atoms with E-state index in [-0.39, 0.29) is 36.3 Å². The Bertz CT molecular complexity index is 644. The zero-order chi connectivity index (χ0) is 16.9. The van der Waals surface area contributed by atoms with E-state index in [2.05, 4.69) is 33.4 Å². The third kappa shape index (κ3) is 6.63. The van der Waals surface area contributed by atoms with Crippen LogP contribution in [0.3, 0.4) is 0 Å². The molecule has 1 unspecified atom stereocenters. The lowest BCUT2D eigenvalue weighted by Gasteiger charge is -2.27. The molecule has 0 aromatic heterocycles. The summed E-state index contributed by atoms with van der Waals surface area (Å²) in [4.78, 5) is 12.3. The van der Waals surface area contributed by atoms with Crippen LogP contribution in [0.1, 0.15) is 37.4 Å². The van der Waals surface area contributed by atoms with Crippen LogP contribution in [0, 0.1) is 0 Å². The van der Waals surface area contributed by atoms with Gasteiger partial charge in [0.15, 0.2) is 0 Å². The molecule has 0 saturated heterocycles. The highest BCUT2D eigenvalue weighted by molar-refractivity contribution is 9.10. The zero-order valence-corrected chi connectivity index (χ0v) is 16.4. The lowest BCUT2D eigenvalue weighted by Crippen LogP contribution is -2.45. The molecule has 0 radical (unpaired) electrons. The normalized spacial score (nSPS) is 12.2. The molecule has 3 N–H and O–H groups in total. The second kappa shape index (κ2) is 9.21. The number of hydrogen-bond donors (Lipinski definition) is 2. The predicted molar refractivity (Wildman–Crippen MR) is 105 cm³/mol. The number of halogens is 2. The Morgan fingerprint density at radius 2 is 1.71 bits per heavy atom. The Hall–Kier alpha value is -1.36. The van der Waals surface area contributed by atoms with Crippen molar-refractivity contribution >= 4 is 34.2 Å². The number of hydrogen-bond acceptors (Lipinski definition) is 2. The van der Waals surface area contributed by atoms with Crippen molar-refractivity contribution in [3.8, 4) is 0 Å². The molecule has 130 valence electrons. The minimum Gasteiger partial charge on any atom is -0.351 e. The van der Waals surface area contributed by atoms with Crippen LogP contribution in [0.4, 0.5) is 0 Å². The van der Waals surface area contributed by atoms with Crippen molar-refractivity contribution in [1.82, 2.24) is 5.32 Å². The van der Waals surface area contributed by atoms with E-state index in [1.165, 1.54) is 5.56 Å². The van der Waals surface area contributed by atoms with E-state index in [9.17, 15) is 4.79 Å². The molecule has 5 heteroatoms. The first-order valence-corrected chi connectivity index (χ1v) is 8.51. The molecule has 2 aromatic rings. The highest BCUT2D eigenvalue weighted by Crippen LogP contribution is 2.18. The van der Waals surface area contributed by atoms with Crippen LogP contribution in [0.5, 0.6) is 0 Å². The molecule has 0 bridgehead atoms. The van der Waals surface area contributed by atoms with Crippen LogP contribution in [-0.2, 0) is 11.2 Å². The van der Waals surface area contributed by atoms with Crippen molar-refractivity contribution in [1.29, 1.82) is 0 Å². The quantitative estimate of drug-likeness (QED) is 0.740. The summed E-state index contributed by atoms with van der Waals surface area (Å²) >= 11 is 3.43. The molecule has 0 saturated carbocycles. The Kier molecular flexibility index (Phi) is 7.94. The lowest BCUT2D eigenvalue weighted by molar-refractivity contribution is -0.123. The summed E-state index contributed by atoms with van der Waals surface area (Å²) in [6.07, 6.45) is 1.06. The average molecular weight is 412 g/mol. The molecule has 24 heavy (non-hydrogen) atoms. The average Bonchev–Trinajstić information content (AvgIpc) is 2.49. The summed E-state index contributed by atoms with van der Waals surface area (Å²) in [7, 11) is 0. The van der Waals surface area contributed by atoms with E-state index in [4.69, 9.17) is 5.73 Å². The Morgan fingerprint density at radius 1 is 1.12 bits per heavy atom. The van der Waals surface area contributed by atoms with Gasteiger partial charge < -0.3 is 11.1 Å². The van der Waals surface area contributed by atoms with E-state index < -0.39 is 0 Å². The summed E-state index contributed by atoms with van der Waals surface area (Å²) in [5.41, 5.74) is 7.97. The van der Waals surface area contributed by atoms with Crippen molar-refractivity contribution in [3.05, 3.63) is 70.2 Å². The number of carbonyl (C=O) groups excluding carboxylic acids is 1. The van der Waals surface area contributed by atoms with Gasteiger partial charge >= 0.3 is 0 Å². The fourth-order valence-corrected chi connectivity index (χ4v) is 2.87. The van der Waals surface area contributed by atoms with Crippen molar-refractivity contribution < 1.29 is 4.79 Å².